The van der Waals surface area contributed by atoms with Crippen LogP contribution >= 0.6 is 0 Å². The molecule has 214 valence electrons. The van der Waals surface area contributed by atoms with Crippen LogP contribution in [0, 0.1) is 19.7 Å². The Morgan fingerprint density at radius 2 is 1.61 bits per heavy atom. The van der Waals surface area contributed by atoms with E-state index in [0.717, 1.165) is 11.1 Å². The predicted molar refractivity (Wildman–Crippen MR) is 157 cm³/mol. The fourth-order valence-corrected chi connectivity index (χ4v) is 3.75. The van der Waals surface area contributed by atoms with Crippen LogP contribution in [0.3, 0.4) is 0 Å². The lowest BCUT2D eigenvalue weighted by Gasteiger charge is -2.16. The van der Waals surface area contributed by atoms with E-state index in [9.17, 15) is 18.8 Å². The summed E-state index contributed by atoms with van der Waals surface area (Å²) in [5.41, 5.74) is 6.81. The second-order valence-corrected chi connectivity index (χ2v) is 9.09. The van der Waals surface area contributed by atoms with Gasteiger partial charge in [-0.1, -0.05) is 12.1 Å². The van der Waals surface area contributed by atoms with Crippen LogP contribution in [0.5, 0.6) is 11.5 Å². The van der Waals surface area contributed by atoms with Gasteiger partial charge in [0.25, 0.3) is 5.91 Å². The van der Waals surface area contributed by atoms with Crippen molar-refractivity contribution in [2.75, 3.05) is 23.8 Å². The van der Waals surface area contributed by atoms with Gasteiger partial charge in [-0.2, -0.15) is 5.10 Å². The van der Waals surface area contributed by atoms with Crippen molar-refractivity contribution in [3.63, 3.8) is 0 Å². The van der Waals surface area contributed by atoms with E-state index in [1.807, 2.05) is 32.9 Å². The Labute approximate surface area is 238 Å². The number of allylic oxidation sites excluding steroid dienone is 1. The van der Waals surface area contributed by atoms with Gasteiger partial charge >= 0.3 is 0 Å². The van der Waals surface area contributed by atoms with Crippen molar-refractivity contribution < 1.29 is 28.2 Å². The summed E-state index contributed by atoms with van der Waals surface area (Å²) >= 11 is 0. The summed E-state index contributed by atoms with van der Waals surface area (Å²) < 4.78 is 24.7. The van der Waals surface area contributed by atoms with Gasteiger partial charge in [0.05, 0.1) is 12.8 Å². The summed E-state index contributed by atoms with van der Waals surface area (Å²) in [6.07, 6.45) is 3.09. The lowest BCUT2D eigenvalue weighted by molar-refractivity contribution is -0.126. The number of rotatable bonds is 13. The zero-order valence-corrected chi connectivity index (χ0v) is 23.3. The molecular formula is C31H33FN4O5. The normalized spacial score (nSPS) is 10.6. The first kappa shape index (κ1) is 30.6. The number of hydrogen-bond donors (Lipinski definition) is 3. The molecule has 0 aliphatic heterocycles. The van der Waals surface area contributed by atoms with Crippen LogP contribution < -0.4 is 25.5 Å². The highest BCUT2D eigenvalue weighted by Gasteiger charge is 2.15. The molecule has 41 heavy (non-hydrogen) atoms. The number of carbonyl (C=O) groups is 3. The molecule has 0 fully saturated rings. The summed E-state index contributed by atoms with van der Waals surface area (Å²) in [5.74, 6) is -1.13. The molecule has 0 saturated carbocycles. The van der Waals surface area contributed by atoms with E-state index in [1.165, 1.54) is 30.5 Å². The summed E-state index contributed by atoms with van der Waals surface area (Å²) in [7, 11) is 0. The smallest absolute Gasteiger partial charge is 0.262 e. The Balaban J connectivity index is 1.64. The van der Waals surface area contributed by atoms with Gasteiger partial charge in [-0.05, 0) is 92.4 Å². The number of hydrogen-bond acceptors (Lipinski definition) is 6. The maximum Gasteiger partial charge on any atom is 0.262 e. The van der Waals surface area contributed by atoms with E-state index in [-0.39, 0.29) is 6.61 Å². The van der Waals surface area contributed by atoms with E-state index < -0.39 is 30.0 Å². The number of aryl methyl sites for hydroxylation is 2. The second kappa shape index (κ2) is 15.0. The quantitative estimate of drug-likeness (QED) is 0.117. The summed E-state index contributed by atoms with van der Waals surface area (Å²) in [5, 5.41) is 9.31. The lowest BCUT2D eigenvalue weighted by Crippen LogP contribution is -2.24. The van der Waals surface area contributed by atoms with Crippen molar-refractivity contribution >= 4 is 35.3 Å². The van der Waals surface area contributed by atoms with Gasteiger partial charge in [-0.25, -0.2) is 9.82 Å². The number of hydrazone groups is 1. The van der Waals surface area contributed by atoms with Crippen LogP contribution in [0.25, 0.3) is 0 Å². The highest BCUT2D eigenvalue weighted by atomic mass is 19.1. The molecule has 3 amide bonds. The third-order valence-corrected chi connectivity index (χ3v) is 5.81. The van der Waals surface area contributed by atoms with Gasteiger partial charge < -0.3 is 20.1 Å². The van der Waals surface area contributed by atoms with E-state index in [1.54, 1.807) is 24.3 Å². The molecule has 0 bridgehead atoms. The van der Waals surface area contributed by atoms with Crippen LogP contribution in [-0.4, -0.2) is 37.1 Å². The van der Waals surface area contributed by atoms with E-state index in [0.29, 0.717) is 47.0 Å². The Morgan fingerprint density at radius 1 is 0.902 bits per heavy atom. The monoisotopic (exact) mass is 560 g/mol. The number of ether oxygens (including phenoxy) is 2. The Hall–Kier alpha value is -4.99. The fourth-order valence-electron chi connectivity index (χ4n) is 3.75. The van der Waals surface area contributed by atoms with Crippen molar-refractivity contribution in [1.29, 1.82) is 0 Å². The average molecular weight is 561 g/mol. The minimum absolute atomic E-state index is 0.310. The molecule has 0 heterocycles. The zero-order chi connectivity index (χ0) is 29.8. The Kier molecular flexibility index (Phi) is 11.2. The van der Waals surface area contributed by atoms with Crippen LogP contribution in [0.1, 0.15) is 35.6 Å². The first-order valence-electron chi connectivity index (χ1n) is 13.0. The highest BCUT2D eigenvalue weighted by Crippen LogP contribution is 2.33. The number of amides is 3. The number of nitrogens with one attached hydrogen (secondary N) is 3. The summed E-state index contributed by atoms with van der Waals surface area (Å²) in [4.78, 5) is 36.9. The number of carbonyl (C=O) groups excluding carboxylic acids is 3. The third kappa shape index (κ3) is 9.61. The van der Waals surface area contributed by atoms with Gasteiger partial charge in [-0.3, -0.25) is 14.4 Å². The van der Waals surface area contributed by atoms with Crippen molar-refractivity contribution in [1.82, 2.24) is 5.43 Å². The topological polar surface area (TPSA) is 118 Å². The maximum atomic E-state index is 13.1. The number of halogens is 1. The molecule has 0 radical (unpaired) electrons. The third-order valence-electron chi connectivity index (χ3n) is 5.81. The molecule has 0 aliphatic rings. The van der Waals surface area contributed by atoms with E-state index in [2.05, 4.69) is 27.7 Å². The standard InChI is InChI=1S/C31H33FN4O5/c1-5-7-23-15-22(18-33-36-29(38)17-28(37)35-26-11-8-20(3)21(4)14-26)16-27(40-6-2)31(23)41-19-30(39)34-25-12-9-24(32)10-13-25/h5,8-16,18H,1,6-7,17,19H2,2-4H3,(H,34,39)(H,35,37)(H,36,38). The molecule has 0 unspecified atom stereocenters. The van der Waals surface area contributed by atoms with Crippen molar-refractivity contribution in [3.05, 3.63) is 95.3 Å². The average Bonchev–Trinajstić information content (AvgIpc) is 2.92. The van der Waals surface area contributed by atoms with Crippen molar-refractivity contribution in [2.45, 2.75) is 33.6 Å². The molecule has 0 aliphatic carbocycles. The fraction of sp³-hybridized carbons (Fsp3) is 0.226. The minimum Gasteiger partial charge on any atom is -0.490 e. The maximum absolute atomic E-state index is 13.1. The molecule has 3 N–H and O–H groups in total. The van der Waals surface area contributed by atoms with Gasteiger partial charge in [0.2, 0.25) is 11.8 Å². The van der Waals surface area contributed by atoms with Gasteiger partial charge in [-0.15, -0.1) is 6.58 Å². The minimum atomic E-state index is -0.578. The SMILES string of the molecule is C=CCc1cc(C=NNC(=O)CC(=O)Nc2ccc(C)c(C)c2)cc(OCC)c1OCC(=O)Nc1ccc(F)cc1. The van der Waals surface area contributed by atoms with Gasteiger partial charge in [0.1, 0.15) is 12.2 Å². The number of anilines is 2. The first-order valence-corrected chi connectivity index (χ1v) is 13.0. The van der Waals surface area contributed by atoms with Crippen molar-refractivity contribution in [3.8, 4) is 11.5 Å². The summed E-state index contributed by atoms with van der Waals surface area (Å²) in [6, 6.07) is 14.3. The molecule has 0 spiro atoms. The molecular weight excluding hydrogens is 527 g/mol. The molecule has 0 aromatic heterocycles. The van der Waals surface area contributed by atoms with Gasteiger partial charge in [0.15, 0.2) is 18.1 Å². The molecule has 9 nitrogen and oxygen atoms in total. The van der Waals surface area contributed by atoms with Crippen molar-refractivity contribution in [2.24, 2.45) is 5.10 Å². The first-order chi connectivity index (χ1) is 19.7. The van der Waals surface area contributed by atoms with Crippen LogP contribution in [0.15, 0.2) is 72.4 Å². The molecule has 3 rings (SSSR count). The zero-order valence-electron chi connectivity index (χ0n) is 23.3. The van der Waals surface area contributed by atoms with Gasteiger partial charge in [0, 0.05) is 16.9 Å². The number of nitrogens with zero attached hydrogens (tertiary/aromatic N) is 1. The second-order valence-electron chi connectivity index (χ2n) is 9.09. The summed E-state index contributed by atoms with van der Waals surface area (Å²) in [6.45, 7) is 9.52. The van der Waals surface area contributed by atoms with Crippen LogP contribution in [0.2, 0.25) is 0 Å². The highest BCUT2D eigenvalue weighted by molar-refractivity contribution is 6.03. The Bertz CT molecular complexity index is 1440. The number of benzene rings is 3. The molecule has 3 aromatic carbocycles. The molecule has 0 atom stereocenters. The largest absolute Gasteiger partial charge is 0.490 e. The molecule has 0 saturated heterocycles. The van der Waals surface area contributed by atoms with E-state index >= 15 is 0 Å². The van der Waals surface area contributed by atoms with E-state index in [4.69, 9.17) is 9.47 Å². The Morgan fingerprint density at radius 3 is 2.29 bits per heavy atom. The predicted octanol–water partition coefficient (Wildman–Crippen LogP) is 5.07. The van der Waals surface area contributed by atoms with Crippen LogP contribution in [-0.2, 0) is 20.8 Å². The molecule has 10 heteroatoms. The molecule has 3 aromatic rings. The van der Waals surface area contributed by atoms with Crippen LogP contribution in [0.4, 0.5) is 15.8 Å². The lowest BCUT2D eigenvalue weighted by atomic mass is 10.1.